The molecule has 4 heteroatoms. The molecular formula is C16H23NO3. The lowest BCUT2D eigenvalue weighted by atomic mass is 9.49. The molecule has 110 valence electrons. The maximum atomic E-state index is 12.3. The van der Waals surface area contributed by atoms with Crippen LogP contribution in [0.25, 0.3) is 0 Å². The van der Waals surface area contributed by atoms with E-state index in [0.29, 0.717) is 19.3 Å². The van der Waals surface area contributed by atoms with Crippen molar-refractivity contribution in [2.45, 2.75) is 63.3 Å². The van der Waals surface area contributed by atoms with Crippen molar-refractivity contribution in [1.29, 1.82) is 0 Å². The highest BCUT2D eigenvalue weighted by atomic mass is 16.4. The first kappa shape index (κ1) is 12.7. The van der Waals surface area contributed by atoms with E-state index in [1.807, 2.05) is 0 Å². The smallest absolute Gasteiger partial charge is 0.329 e. The molecule has 5 saturated carbocycles. The van der Waals surface area contributed by atoms with Crippen LogP contribution in [0.2, 0.25) is 0 Å². The Kier molecular flexibility index (Phi) is 2.52. The van der Waals surface area contributed by atoms with Crippen LogP contribution in [-0.2, 0) is 9.59 Å². The first-order valence-corrected chi connectivity index (χ1v) is 8.03. The van der Waals surface area contributed by atoms with E-state index in [-0.39, 0.29) is 11.3 Å². The van der Waals surface area contributed by atoms with Gasteiger partial charge in [-0.3, -0.25) is 4.79 Å². The summed E-state index contributed by atoms with van der Waals surface area (Å²) in [5.41, 5.74) is -0.715. The highest BCUT2D eigenvalue weighted by Gasteiger charge is 2.54. The van der Waals surface area contributed by atoms with Crippen LogP contribution in [-0.4, -0.2) is 22.5 Å². The summed E-state index contributed by atoms with van der Waals surface area (Å²) in [6.45, 7) is 0. The van der Waals surface area contributed by atoms with Gasteiger partial charge in [0.25, 0.3) is 0 Å². The molecule has 0 radical (unpaired) electrons. The van der Waals surface area contributed by atoms with Crippen molar-refractivity contribution in [3.05, 3.63) is 0 Å². The number of carboxylic acid groups (broad SMARTS) is 1. The highest BCUT2D eigenvalue weighted by Crippen LogP contribution is 2.61. The number of carboxylic acids is 1. The molecule has 0 atom stereocenters. The summed E-state index contributed by atoms with van der Waals surface area (Å²) in [6, 6.07) is 0. The largest absolute Gasteiger partial charge is 0.480 e. The van der Waals surface area contributed by atoms with E-state index in [1.165, 1.54) is 38.5 Å². The Labute approximate surface area is 119 Å². The standard InChI is InChI=1S/C16H23NO3/c18-13(17-16(1-2-16)14(19)20)9-15-6-10-3-11(7-15)5-12(4-10)8-15/h10-12H,1-9H2,(H,17,18)(H,19,20). The van der Waals surface area contributed by atoms with Gasteiger partial charge in [0.2, 0.25) is 5.91 Å². The average molecular weight is 277 g/mol. The van der Waals surface area contributed by atoms with E-state index in [2.05, 4.69) is 5.32 Å². The second-order valence-electron chi connectivity index (χ2n) is 8.03. The lowest BCUT2D eigenvalue weighted by Crippen LogP contribution is -2.50. The average Bonchev–Trinajstić information content (AvgIpc) is 3.06. The zero-order valence-electron chi connectivity index (χ0n) is 11.9. The second-order valence-corrected chi connectivity index (χ2v) is 8.03. The summed E-state index contributed by atoms with van der Waals surface area (Å²) in [7, 11) is 0. The molecule has 0 spiro atoms. The normalized spacial score (nSPS) is 43.3. The quantitative estimate of drug-likeness (QED) is 0.828. The van der Waals surface area contributed by atoms with Crippen molar-refractivity contribution in [2.24, 2.45) is 23.2 Å². The highest BCUT2D eigenvalue weighted by molar-refractivity contribution is 5.89. The Morgan fingerprint density at radius 3 is 1.90 bits per heavy atom. The third-order valence-electron chi connectivity index (χ3n) is 6.24. The second kappa shape index (κ2) is 3.99. The first-order valence-electron chi connectivity index (χ1n) is 8.03. The van der Waals surface area contributed by atoms with E-state index in [9.17, 15) is 9.59 Å². The maximum Gasteiger partial charge on any atom is 0.329 e. The van der Waals surface area contributed by atoms with Gasteiger partial charge < -0.3 is 10.4 Å². The topological polar surface area (TPSA) is 66.4 Å². The third kappa shape index (κ3) is 1.95. The van der Waals surface area contributed by atoms with Gasteiger partial charge in [-0.05, 0) is 74.5 Å². The van der Waals surface area contributed by atoms with Gasteiger partial charge in [-0.2, -0.15) is 0 Å². The fraction of sp³-hybridized carbons (Fsp3) is 0.875. The number of hydrogen-bond acceptors (Lipinski definition) is 2. The van der Waals surface area contributed by atoms with Gasteiger partial charge in [0.15, 0.2) is 0 Å². The lowest BCUT2D eigenvalue weighted by Gasteiger charge is -2.56. The van der Waals surface area contributed by atoms with E-state index in [0.717, 1.165) is 17.8 Å². The van der Waals surface area contributed by atoms with Crippen LogP contribution in [0.4, 0.5) is 0 Å². The summed E-state index contributed by atoms with van der Waals surface area (Å²) in [4.78, 5) is 23.5. The van der Waals surface area contributed by atoms with Gasteiger partial charge in [0.05, 0.1) is 0 Å². The predicted molar refractivity (Wildman–Crippen MR) is 73.0 cm³/mol. The summed E-state index contributed by atoms with van der Waals surface area (Å²) < 4.78 is 0. The van der Waals surface area contributed by atoms with E-state index >= 15 is 0 Å². The Hall–Kier alpha value is -1.06. The van der Waals surface area contributed by atoms with Gasteiger partial charge in [0.1, 0.15) is 5.54 Å². The molecule has 1 amide bonds. The van der Waals surface area contributed by atoms with Crippen LogP contribution in [0.5, 0.6) is 0 Å². The van der Waals surface area contributed by atoms with Crippen LogP contribution in [0.3, 0.4) is 0 Å². The molecule has 5 aliphatic rings. The molecule has 0 unspecified atom stereocenters. The summed E-state index contributed by atoms with van der Waals surface area (Å²) in [5.74, 6) is 1.62. The number of rotatable bonds is 4. The Balaban J connectivity index is 1.44. The molecule has 0 aliphatic heterocycles. The first-order chi connectivity index (χ1) is 9.49. The van der Waals surface area contributed by atoms with E-state index < -0.39 is 11.5 Å². The van der Waals surface area contributed by atoms with Crippen LogP contribution < -0.4 is 5.32 Å². The van der Waals surface area contributed by atoms with Crippen molar-refractivity contribution < 1.29 is 14.7 Å². The Morgan fingerprint density at radius 1 is 1.00 bits per heavy atom. The predicted octanol–water partition coefficient (Wildman–Crippen LogP) is 2.33. The molecule has 0 aromatic heterocycles. The molecule has 2 N–H and O–H groups in total. The third-order valence-corrected chi connectivity index (χ3v) is 6.24. The molecular weight excluding hydrogens is 254 g/mol. The molecule has 4 nitrogen and oxygen atoms in total. The van der Waals surface area contributed by atoms with Crippen molar-refractivity contribution in [3.63, 3.8) is 0 Å². The van der Waals surface area contributed by atoms with Gasteiger partial charge in [-0.25, -0.2) is 4.79 Å². The number of hydrogen-bond donors (Lipinski definition) is 2. The van der Waals surface area contributed by atoms with Crippen LogP contribution in [0.15, 0.2) is 0 Å². The molecule has 5 rings (SSSR count). The SMILES string of the molecule is O=C(CC12CC3CC(CC(C3)C1)C2)NC1(C(=O)O)CC1. The number of carbonyl (C=O) groups excluding carboxylic acids is 1. The Morgan fingerprint density at radius 2 is 1.50 bits per heavy atom. The molecule has 0 saturated heterocycles. The fourth-order valence-electron chi connectivity index (χ4n) is 5.68. The van der Waals surface area contributed by atoms with Crippen LogP contribution >= 0.6 is 0 Å². The summed E-state index contributed by atoms with van der Waals surface area (Å²) >= 11 is 0. The molecule has 0 aromatic carbocycles. The van der Waals surface area contributed by atoms with Gasteiger partial charge in [0, 0.05) is 6.42 Å². The molecule has 0 heterocycles. The molecule has 0 aromatic rings. The minimum absolute atomic E-state index is 0.0214. The van der Waals surface area contributed by atoms with Crippen molar-refractivity contribution in [3.8, 4) is 0 Å². The monoisotopic (exact) mass is 277 g/mol. The zero-order chi connectivity index (χ0) is 14.0. The van der Waals surface area contributed by atoms with Crippen LogP contribution in [0.1, 0.15) is 57.8 Å². The van der Waals surface area contributed by atoms with E-state index in [1.54, 1.807) is 0 Å². The van der Waals surface area contributed by atoms with E-state index in [4.69, 9.17) is 5.11 Å². The van der Waals surface area contributed by atoms with Crippen molar-refractivity contribution in [2.75, 3.05) is 0 Å². The number of carbonyl (C=O) groups is 2. The summed E-state index contributed by atoms with van der Waals surface area (Å²) in [6.07, 6.45) is 9.47. The van der Waals surface area contributed by atoms with Gasteiger partial charge >= 0.3 is 5.97 Å². The van der Waals surface area contributed by atoms with Crippen molar-refractivity contribution in [1.82, 2.24) is 5.32 Å². The minimum Gasteiger partial charge on any atom is -0.480 e. The maximum absolute atomic E-state index is 12.3. The van der Waals surface area contributed by atoms with Gasteiger partial charge in [-0.15, -0.1) is 0 Å². The molecule has 5 aliphatic carbocycles. The Bertz CT molecular complexity index is 431. The van der Waals surface area contributed by atoms with Crippen molar-refractivity contribution >= 4 is 11.9 Å². The summed E-state index contributed by atoms with van der Waals surface area (Å²) in [5, 5.41) is 12.0. The zero-order valence-corrected chi connectivity index (χ0v) is 11.9. The molecule has 20 heavy (non-hydrogen) atoms. The number of amides is 1. The number of aliphatic carboxylic acids is 1. The van der Waals surface area contributed by atoms with Crippen LogP contribution in [0, 0.1) is 23.2 Å². The van der Waals surface area contributed by atoms with Gasteiger partial charge in [-0.1, -0.05) is 0 Å². The molecule has 4 bridgehead atoms. The lowest BCUT2D eigenvalue weighted by molar-refractivity contribution is -0.144. The number of nitrogens with one attached hydrogen (secondary N) is 1. The fourth-order valence-corrected chi connectivity index (χ4v) is 5.68. The molecule has 5 fully saturated rings. The minimum atomic E-state index is -0.917.